The Balaban J connectivity index is 1.78. The van der Waals surface area contributed by atoms with Gasteiger partial charge >= 0.3 is 0 Å². The third-order valence-electron chi connectivity index (χ3n) is 5.32. The number of pyridine rings is 1. The van der Waals surface area contributed by atoms with Gasteiger partial charge in [0.05, 0.1) is 5.39 Å². The Hall–Kier alpha value is -2.54. The van der Waals surface area contributed by atoms with Crippen LogP contribution in [0.15, 0.2) is 24.5 Å². The van der Waals surface area contributed by atoms with Gasteiger partial charge in [0, 0.05) is 28.4 Å². The van der Waals surface area contributed by atoms with Crippen molar-refractivity contribution in [3.8, 4) is 11.4 Å². The van der Waals surface area contributed by atoms with Gasteiger partial charge in [-0.3, -0.25) is 9.78 Å². The second-order valence-corrected chi connectivity index (χ2v) is 10.4. The summed E-state index contributed by atoms with van der Waals surface area (Å²) >= 11 is 1.76. The number of fused-ring (bicyclic) bond motifs is 3. The van der Waals surface area contributed by atoms with Crippen molar-refractivity contribution < 1.29 is 4.79 Å². The van der Waals surface area contributed by atoms with Crippen molar-refractivity contribution in [3.05, 3.63) is 35.0 Å². The van der Waals surface area contributed by atoms with Gasteiger partial charge in [0.1, 0.15) is 16.7 Å². The van der Waals surface area contributed by atoms with E-state index in [1.807, 2.05) is 39.8 Å². The predicted molar refractivity (Wildman–Crippen MR) is 123 cm³/mol. The van der Waals surface area contributed by atoms with E-state index in [-0.39, 0.29) is 11.4 Å². The Morgan fingerprint density at radius 2 is 2.10 bits per heavy atom. The first-order valence-corrected chi connectivity index (χ1v) is 11.3. The smallest absolute Gasteiger partial charge is 0.242 e. The minimum Gasteiger partial charge on any atom is -0.358 e. The van der Waals surface area contributed by atoms with Gasteiger partial charge in [-0.1, -0.05) is 6.92 Å². The molecule has 0 bridgehead atoms. The van der Waals surface area contributed by atoms with E-state index in [1.165, 1.54) is 16.9 Å². The van der Waals surface area contributed by atoms with Crippen LogP contribution in [0.1, 0.15) is 51.5 Å². The van der Waals surface area contributed by atoms with Crippen molar-refractivity contribution >= 4 is 33.3 Å². The summed E-state index contributed by atoms with van der Waals surface area (Å²) in [5.74, 6) is 2.01. The molecule has 0 radical (unpaired) electrons. The summed E-state index contributed by atoms with van der Waals surface area (Å²) in [5, 5.41) is 7.51. The summed E-state index contributed by atoms with van der Waals surface area (Å²) in [4.78, 5) is 29.0. The van der Waals surface area contributed by atoms with Crippen molar-refractivity contribution in [2.24, 2.45) is 5.92 Å². The number of hydrogen-bond acceptors (Lipinski definition) is 6. The molecule has 30 heavy (non-hydrogen) atoms. The van der Waals surface area contributed by atoms with Crippen LogP contribution in [-0.2, 0) is 17.6 Å². The van der Waals surface area contributed by atoms with E-state index in [2.05, 4.69) is 22.5 Å². The van der Waals surface area contributed by atoms with E-state index in [4.69, 9.17) is 9.97 Å². The number of carbonyl (C=O) groups excluding carboxylic acids is 1. The molecule has 6 nitrogen and oxygen atoms in total. The van der Waals surface area contributed by atoms with E-state index >= 15 is 0 Å². The minimum atomic E-state index is -0.415. The van der Waals surface area contributed by atoms with Crippen LogP contribution in [0.3, 0.4) is 0 Å². The van der Waals surface area contributed by atoms with Crippen LogP contribution in [0.25, 0.3) is 21.6 Å². The number of hydrogen-bond donors (Lipinski definition) is 2. The molecule has 3 aromatic heterocycles. The molecule has 0 spiro atoms. The quantitative estimate of drug-likeness (QED) is 0.641. The fourth-order valence-electron chi connectivity index (χ4n) is 3.82. The lowest BCUT2D eigenvalue weighted by molar-refractivity contribution is -0.122. The third kappa shape index (κ3) is 4.31. The molecule has 3 aromatic rings. The van der Waals surface area contributed by atoms with Gasteiger partial charge < -0.3 is 10.6 Å². The van der Waals surface area contributed by atoms with E-state index in [9.17, 15) is 4.79 Å². The molecule has 0 aromatic carbocycles. The molecule has 3 heterocycles. The number of rotatable bonds is 4. The summed E-state index contributed by atoms with van der Waals surface area (Å²) in [7, 11) is 0. The molecule has 0 saturated carbocycles. The van der Waals surface area contributed by atoms with Crippen LogP contribution in [0, 0.1) is 5.92 Å². The van der Waals surface area contributed by atoms with Gasteiger partial charge in [-0.05, 0) is 70.6 Å². The molecule has 0 saturated heterocycles. The van der Waals surface area contributed by atoms with Gasteiger partial charge in [0.25, 0.3) is 0 Å². The van der Waals surface area contributed by atoms with Crippen molar-refractivity contribution in [2.45, 2.75) is 65.5 Å². The Morgan fingerprint density at radius 1 is 1.30 bits per heavy atom. The van der Waals surface area contributed by atoms with Gasteiger partial charge in [0.15, 0.2) is 5.82 Å². The first-order chi connectivity index (χ1) is 14.2. The van der Waals surface area contributed by atoms with E-state index in [0.29, 0.717) is 11.7 Å². The van der Waals surface area contributed by atoms with E-state index in [1.54, 1.807) is 23.7 Å². The molecule has 1 aliphatic carbocycles. The fourth-order valence-corrected chi connectivity index (χ4v) is 5.20. The maximum atomic E-state index is 12.7. The average molecular weight is 424 g/mol. The molecule has 2 N–H and O–H groups in total. The van der Waals surface area contributed by atoms with Gasteiger partial charge in [-0.2, -0.15) is 0 Å². The van der Waals surface area contributed by atoms with Crippen LogP contribution >= 0.6 is 11.3 Å². The van der Waals surface area contributed by atoms with E-state index < -0.39 is 6.04 Å². The summed E-state index contributed by atoms with van der Waals surface area (Å²) in [6, 6.07) is 3.43. The molecule has 1 aliphatic rings. The zero-order chi connectivity index (χ0) is 21.5. The van der Waals surface area contributed by atoms with Crippen LogP contribution in [0.5, 0.6) is 0 Å². The van der Waals surface area contributed by atoms with E-state index in [0.717, 1.165) is 34.4 Å². The zero-order valence-electron chi connectivity index (χ0n) is 18.2. The standard InChI is InChI=1S/C23H29N5OS/c1-13-8-9-16-17(11-13)30-22-18(16)20(25-14(2)21(29)28-23(3,4)5)26-19(27-22)15-7-6-10-24-12-15/h6-7,10,12-14H,8-9,11H2,1-5H3,(H,28,29)(H,25,26,27)/t13-,14-/m0/s1. The van der Waals surface area contributed by atoms with Crippen LogP contribution in [-0.4, -0.2) is 32.4 Å². The largest absolute Gasteiger partial charge is 0.358 e. The normalized spacial score (nSPS) is 17.4. The zero-order valence-corrected chi connectivity index (χ0v) is 19.1. The summed E-state index contributed by atoms with van der Waals surface area (Å²) in [6.07, 6.45) is 6.80. The number of anilines is 1. The molecule has 2 atom stereocenters. The number of thiophene rings is 1. The Bertz CT molecular complexity index is 1070. The number of aryl methyl sites for hydroxylation is 1. The van der Waals surface area contributed by atoms with Crippen LogP contribution in [0.2, 0.25) is 0 Å². The lowest BCUT2D eigenvalue weighted by atomic mass is 9.89. The lowest BCUT2D eigenvalue weighted by Gasteiger charge is -2.24. The Morgan fingerprint density at radius 3 is 2.80 bits per heavy atom. The molecule has 0 unspecified atom stereocenters. The van der Waals surface area contributed by atoms with Crippen molar-refractivity contribution in [3.63, 3.8) is 0 Å². The van der Waals surface area contributed by atoms with Gasteiger partial charge in [-0.15, -0.1) is 11.3 Å². The molecule has 7 heteroatoms. The first kappa shape index (κ1) is 20.7. The second-order valence-electron chi connectivity index (χ2n) is 9.27. The molecule has 1 amide bonds. The highest BCUT2D eigenvalue weighted by Crippen LogP contribution is 2.41. The maximum Gasteiger partial charge on any atom is 0.242 e. The molecule has 158 valence electrons. The Labute approximate surface area is 181 Å². The lowest BCUT2D eigenvalue weighted by Crippen LogP contribution is -2.47. The van der Waals surface area contributed by atoms with Crippen molar-refractivity contribution in [1.82, 2.24) is 20.3 Å². The monoisotopic (exact) mass is 423 g/mol. The first-order valence-electron chi connectivity index (χ1n) is 10.5. The third-order valence-corrected chi connectivity index (χ3v) is 6.47. The number of nitrogens with zero attached hydrogens (tertiary/aromatic N) is 3. The summed E-state index contributed by atoms with van der Waals surface area (Å²) in [5.41, 5.74) is 1.93. The number of nitrogens with one attached hydrogen (secondary N) is 2. The van der Waals surface area contributed by atoms with Gasteiger partial charge in [0.2, 0.25) is 5.91 Å². The average Bonchev–Trinajstić information content (AvgIpc) is 3.04. The summed E-state index contributed by atoms with van der Waals surface area (Å²) in [6.45, 7) is 10.1. The number of carbonyl (C=O) groups is 1. The van der Waals surface area contributed by atoms with Crippen molar-refractivity contribution in [1.29, 1.82) is 0 Å². The molecule has 0 fully saturated rings. The second kappa shape index (κ2) is 7.95. The Kier molecular flexibility index (Phi) is 5.49. The molecular formula is C23H29N5OS. The fraction of sp³-hybridized carbons (Fsp3) is 0.478. The SMILES string of the molecule is C[C@H]1CCc2c(sc3nc(-c4cccnc4)nc(N[C@@H](C)C(=O)NC(C)(C)C)c23)C1. The topological polar surface area (TPSA) is 79.8 Å². The van der Waals surface area contributed by atoms with Crippen LogP contribution in [0.4, 0.5) is 5.82 Å². The molecule has 0 aliphatic heterocycles. The summed E-state index contributed by atoms with van der Waals surface area (Å²) < 4.78 is 0. The molecule has 4 rings (SSSR count). The van der Waals surface area contributed by atoms with Gasteiger partial charge in [-0.25, -0.2) is 9.97 Å². The molecular weight excluding hydrogens is 394 g/mol. The highest BCUT2D eigenvalue weighted by molar-refractivity contribution is 7.19. The minimum absolute atomic E-state index is 0.0464. The van der Waals surface area contributed by atoms with Crippen LogP contribution < -0.4 is 10.6 Å². The van der Waals surface area contributed by atoms with Crippen molar-refractivity contribution in [2.75, 3.05) is 5.32 Å². The highest BCUT2D eigenvalue weighted by Gasteiger charge is 2.26. The highest BCUT2D eigenvalue weighted by atomic mass is 32.1. The maximum absolute atomic E-state index is 12.7. The number of amides is 1. The number of aromatic nitrogens is 3. The predicted octanol–water partition coefficient (Wildman–Crippen LogP) is 4.59.